The first-order chi connectivity index (χ1) is 9.37. The Morgan fingerprint density at radius 2 is 1.75 bits per heavy atom. The normalized spacial score (nSPS) is 13.1. The quantitative estimate of drug-likeness (QED) is 0.696. The van der Waals surface area contributed by atoms with Gasteiger partial charge in [-0.25, -0.2) is 4.98 Å². The molecule has 106 valence electrons. The molecule has 0 aliphatic rings. The minimum absolute atomic E-state index is 0.164. The number of aromatic nitrogens is 1. The molecule has 1 atom stereocenters. The molecule has 2 rings (SSSR count). The van der Waals surface area contributed by atoms with E-state index < -0.39 is 18.4 Å². The van der Waals surface area contributed by atoms with Crippen molar-refractivity contribution in [2.45, 2.75) is 12.4 Å². The van der Waals surface area contributed by atoms with Crippen LogP contribution in [0.3, 0.4) is 0 Å². The topological polar surface area (TPSA) is 48.1 Å². The molecular formula is C13H10F4N2O. The van der Waals surface area contributed by atoms with E-state index in [1.54, 1.807) is 0 Å². The van der Waals surface area contributed by atoms with Crippen molar-refractivity contribution in [3.63, 3.8) is 0 Å². The SMILES string of the molecule is N[C@@H](c1ccc(OC(F)(F)F)cc1)c1cccnc1F. The van der Waals surface area contributed by atoms with Crippen LogP contribution >= 0.6 is 0 Å². The zero-order chi connectivity index (χ0) is 14.8. The Morgan fingerprint density at radius 1 is 1.10 bits per heavy atom. The lowest BCUT2D eigenvalue weighted by atomic mass is 10.0. The van der Waals surface area contributed by atoms with Crippen LogP contribution in [0.2, 0.25) is 0 Å². The Hall–Kier alpha value is -2.15. The molecular weight excluding hydrogens is 276 g/mol. The lowest BCUT2D eigenvalue weighted by molar-refractivity contribution is -0.274. The highest BCUT2D eigenvalue weighted by Gasteiger charge is 2.31. The number of ether oxygens (including phenoxy) is 1. The molecule has 0 spiro atoms. The van der Waals surface area contributed by atoms with Crippen molar-refractivity contribution in [2.75, 3.05) is 0 Å². The molecule has 0 aliphatic carbocycles. The third-order valence-corrected chi connectivity index (χ3v) is 2.60. The summed E-state index contributed by atoms with van der Waals surface area (Å²) in [7, 11) is 0. The van der Waals surface area contributed by atoms with E-state index in [0.29, 0.717) is 5.56 Å². The van der Waals surface area contributed by atoms with Crippen molar-refractivity contribution in [3.8, 4) is 5.75 Å². The number of nitrogens with zero attached hydrogens (tertiary/aromatic N) is 1. The van der Waals surface area contributed by atoms with Gasteiger partial charge in [0.2, 0.25) is 5.95 Å². The highest BCUT2D eigenvalue weighted by atomic mass is 19.4. The molecule has 1 heterocycles. The van der Waals surface area contributed by atoms with Crippen LogP contribution in [0.25, 0.3) is 0 Å². The number of halogens is 4. The van der Waals surface area contributed by atoms with E-state index in [1.165, 1.54) is 30.5 Å². The van der Waals surface area contributed by atoms with E-state index in [2.05, 4.69) is 9.72 Å². The highest BCUT2D eigenvalue weighted by Crippen LogP contribution is 2.26. The van der Waals surface area contributed by atoms with Gasteiger partial charge >= 0.3 is 6.36 Å². The molecule has 3 nitrogen and oxygen atoms in total. The predicted molar refractivity (Wildman–Crippen MR) is 63.4 cm³/mol. The van der Waals surface area contributed by atoms with Crippen LogP contribution in [-0.2, 0) is 0 Å². The summed E-state index contributed by atoms with van der Waals surface area (Å²) in [6, 6.07) is 7.11. The van der Waals surface area contributed by atoms with Gasteiger partial charge in [0.05, 0.1) is 6.04 Å². The number of hydrogen-bond donors (Lipinski definition) is 1. The summed E-state index contributed by atoms with van der Waals surface area (Å²) in [5.41, 5.74) is 6.47. The molecule has 20 heavy (non-hydrogen) atoms. The van der Waals surface area contributed by atoms with E-state index in [4.69, 9.17) is 5.73 Å². The van der Waals surface area contributed by atoms with Crippen LogP contribution in [0.1, 0.15) is 17.2 Å². The zero-order valence-corrected chi connectivity index (χ0v) is 10.1. The number of benzene rings is 1. The largest absolute Gasteiger partial charge is 0.573 e. The molecule has 0 saturated carbocycles. The number of hydrogen-bond acceptors (Lipinski definition) is 3. The van der Waals surface area contributed by atoms with Crippen molar-refractivity contribution in [3.05, 3.63) is 59.7 Å². The second-order valence-electron chi connectivity index (χ2n) is 3.98. The molecule has 2 N–H and O–H groups in total. The van der Waals surface area contributed by atoms with Gasteiger partial charge in [0, 0.05) is 11.8 Å². The monoisotopic (exact) mass is 286 g/mol. The van der Waals surface area contributed by atoms with Gasteiger partial charge in [0.1, 0.15) is 5.75 Å². The van der Waals surface area contributed by atoms with Gasteiger partial charge in [-0.05, 0) is 23.8 Å². The number of pyridine rings is 1. The van der Waals surface area contributed by atoms with E-state index in [9.17, 15) is 17.6 Å². The van der Waals surface area contributed by atoms with Crippen LogP contribution in [0.15, 0.2) is 42.6 Å². The molecule has 2 aromatic rings. The Balaban J connectivity index is 2.20. The first-order valence-corrected chi connectivity index (χ1v) is 5.58. The van der Waals surface area contributed by atoms with Gasteiger partial charge in [0.15, 0.2) is 0 Å². The summed E-state index contributed by atoms with van der Waals surface area (Å²) >= 11 is 0. The van der Waals surface area contributed by atoms with Gasteiger partial charge in [-0.15, -0.1) is 13.2 Å². The van der Waals surface area contributed by atoms with E-state index in [1.807, 2.05) is 0 Å². The fourth-order valence-electron chi connectivity index (χ4n) is 1.69. The second kappa shape index (κ2) is 5.46. The van der Waals surface area contributed by atoms with Crippen LogP contribution in [0.5, 0.6) is 5.75 Å². The summed E-state index contributed by atoms with van der Waals surface area (Å²) in [5.74, 6) is -1.07. The third kappa shape index (κ3) is 3.45. The summed E-state index contributed by atoms with van der Waals surface area (Å²) < 4.78 is 53.2. The third-order valence-electron chi connectivity index (χ3n) is 2.60. The molecule has 1 aromatic heterocycles. The average Bonchev–Trinajstić information content (AvgIpc) is 2.37. The van der Waals surface area contributed by atoms with Gasteiger partial charge in [0.25, 0.3) is 0 Å². The molecule has 7 heteroatoms. The summed E-state index contributed by atoms with van der Waals surface area (Å²) in [6.45, 7) is 0. The molecule has 0 saturated heterocycles. The number of alkyl halides is 3. The Morgan fingerprint density at radius 3 is 2.30 bits per heavy atom. The van der Waals surface area contributed by atoms with E-state index in [0.717, 1.165) is 12.1 Å². The molecule has 0 unspecified atom stereocenters. The minimum Gasteiger partial charge on any atom is -0.406 e. The van der Waals surface area contributed by atoms with Gasteiger partial charge in [-0.3, -0.25) is 0 Å². The maximum absolute atomic E-state index is 13.5. The molecule has 0 fully saturated rings. The van der Waals surface area contributed by atoms with Gasteiger partial charge in [-0.1, -0.05) is 18.2 Å². The molecule has 0 amide bonds. The van der Waals surface area contributed by atoms with Crippen LogP contribution in [0.4, 0.5) is 17.6 Å². The first-order valence-electron chi connectivity index (χ1n) is 5.58. The van der Waals surface area contributed by atoms with E-state index in [-0.39, 0.29) is 11.3 Å². The lowest BCUT2D eigenvalue weighted by Gasteiger charge is -2.14. The summed E-state index contributed by atoms with van der Waals surface area (Å²) in [6.07, 6.45) is -3.47. The fourth-order valence-corrected chi connectivity index (χ4v) is 1.69. The maximum Gasteiger partial charge on any atom is 0.573 e. The highest BCUT2D eigenvalue weighted by molar-refractivity contribution is 5.34. The fraction of sp³-hybridized carbons (Fsp3) is 0.154. The van der Waals surface area contributed by atoms with Crippen molar-refractivity contribution >= 4 is 0 Å². The van der Waals surface area contributed by atoms with Crippen molar-refractivity contribution in [2.24, 2.45) is 5.73 Å². The summed E-state index contributed by atoms with van der Waals surface area (Å²) in [5, 5.41) is 0. The zero-order valence-electron chi connectivity index (χ0n) is 10.1. The molecule has 0 radical (unpaired) electrons. The molecule has 0 bridgehead atoms. The van der Waals surface area contributed by atoms with Crippen LogP contribution in [-0.4, -0.2) is 11.3 Å². The van der Waals surface area contributed by atoms with E-state index >= 15 is 0 Å². The van der Waals surface area contributed by atoms with Crippen molar-refractivity contribution in [1.82, 2.24) is 4.98 Å². The Kier molecular flexibility index (Phi) is 3.89. The van der Waals surface area contributed by atoms with Crippen molar-refractivity contribution in [1.29, 1.82) is 0 Å². The van der Waals surface area contributed by atoms with Crippen LogP contribution < -0.4 is 10.5 Å². The van der Waals surface area contributed by atoms with Crippen LogP contribution in [0, 0.1) is 5.95 Å². The maximum atomic E-state index is 13.5. The smallest absolute Gasteiger partial charge is 0.406 e. The molecule has 0 aliphatic heterocycles. The average molecular weight is 286 g/mol. The molecule has 1 aromatic carbocycles. The number of nitrogens with two attached hydrogens (primary N) is 1. The predicted octanol–water partition coefficient (Wildman–Crippen LogP) is 3.17. The minimum atomic E-state index is -4.75. The van der Waals surface area contributed by atoms with Gasteiger partial charge in [-0.2, -0.15) is 4.39 Å². The Labute approximate surface area is 112 Å². The lowest BCUT2D eigenvalue weighted by Crippen LogP contribution is -2.17. The number of rotatable bonds is 3. The standard InChI is InChI=1S/C13H10F4N2O/c14-12-10(2-1-7-19-12)11(18)8-3-5-9(6-4-8)20-13(15,16)17/h1-7,11H,18H2/t11-/m0/s1. The van der Waals surface area contributed by atoms with Crippen molar-refractivity contribution < 1.29 is 22.3 Å². The van der Waals surface area contributed by atoms with Gasteiger partial charge < -0.3 is 10.5 Å². The first kappa shape index (κ1) is 14.3. The Bertz CT molecular complexity index is 584. The summed E-state index contributed by atoms with van der Waals surface area (Å²) in [4.78, 5) is 3.47. The second-order valence-corrected chi connectivity index (χ2v) is 3.98.